The highest BCUT2D eigenvalue weighted by molar-refractivity contribution is 7.89. The zero-order valence-corrected chi connectivity index (χ0v) is 10.8. The standard InChI is InChI=1S/C11H16N4O2S/c1-2-5-15(8-9-3-4-9)18(16,17)11-10(6-12)7-13-14-11/h1,7,9H,3-6,8,12H2,(H,13,14). The van der Waals surface area contributed by atoms with Gasteiger partial charge in [-0.05, 0) is 18.8 Å². The van der Waals surface area contributed by atoms with Crippen molar-refractivity contribution in [2.24, 2.45) is 11.7 Å². The second-order valence-corrected chi connectivity index (χ2v) is 6.25. The van der Waals surface area contributed by atoms with Crippen LogP contribution >= 0.6 is 0 Å². The molecule has 1 aliphatic rings. The number of nitrogens with zero attached hydrogens (tertiary/aromatic N) is 2. The van der Waals surface area contributed by atoms with Gasteiger partial charge in [0.2, 0.25) is 0 Å². The second-order valence-electron chi connectivity index (χ2n) is 4.37. The normalized spacial score (nSPS) is 15.8. The molecular formula is C11H16N4O2S. The summed E-state index contributed by atoms with van der Waals surface area (Å²) in [5, 5.41) is 6.29. The third-order valence-electron chi connectivity index (χ3n) is 2.92. The van der Waals surface area contributed by atoms with Crippen molar-refractivity contribution >= 4 is 10.0 Å². The number of hydrogen-bond acceptors (Lipinski definition) is 4. The Kier molecular flexibility index (Phi) is 3.71. The molecule has 0 aliphatic heterocycles. The molecule has 1 aromatic heterocycles. The van der Waals surface area contributed by atoms with E-state index in [1.54, 1.807) is 0 Å². The molecule has 0 atom stereocenters. The number of hydrogen-bond donors (Lipinski definition) is 2. The van der Waals surface area contributed by atoms with Crippen molar-refractivity contribution in [1.82, 2.24) is 14.5 Å². The summed E-state index contributed by atoms with van der Waals surface area (Å²) in [6, 6.07) is 0. The van der Waals surface area contributed by atoms with Gasteiger partial charge < -0.3 is 5.73 Å². The van der Waals surface area contributed by atoms with Crippen LogP contribution in [0.25, 0.3) is 0 Å². The SMILES string of the molecule is C#CCN(CC1CC1)S(=O)(=O)c1[nH]ncc1CN. The summed E-state index contributed by atoms with van der Waals surface area (Å²) in [4.78, 5) is 0. The minimum Gasteiger partial charge on any atom is -0.326 e. The minimum atomic E-state index is -3.62. The van der Waals surface area contributed by atoms with E-state index in [4.69, 9.17) is 12.2 Å². The highest BCUT2D eigenvalue weighted by Gasteiger charge is 2.33. The van der Waals surface area contributed by atoms with Crippen molar-refractivity contribution in [2.45, 2.75) is 24.4 Å². The highest BCUT2D eigenvalue weighted by atomic mass is 32.2. The lowest BCUT2D eigenvalue weighted by Gasteiger charge is -2.19. The maximum Gasteiger partial charge on any atom is 0.261 e. The summed E-state index contributed by atoms with van der Waals surface area (Å²) in [5.74, 6) is 2.82. The molecule has 0 spiro atoms. The molecule has 0 radical (unpaired) electrons. The number of rotatable bonds is 6. The first kappa shape index (κ1) is 13.1. The highest BCUT2D eigenvalue weighted by Crippen LogP contribution is 2.31. The predicted octanol–water partition coefficient (Wildman–Crippen LogP) is -0.0977. The van der Waals surface area contributed by atoms with Crippen LogP contribution in [0.4, 0.5) is 0 Å². The molecule has 1 aliphatic carbocycles. The lowest BCUT2D eigenvalue weighted by atomic mass is 10.4. The topological polar surface area (TPSA) is 92.1 Å². The molecule has 0 amide bonds. The Morgan fingerprint density at radius 2 is 2.33 bits per heavy atom. The van der Waals surface area contributed by atoms with Gasteiger partial charge in [-0.1, -0.05) is 5.92 Å². The van der Waals surface area contributed by atoms with Gasteiger partial charge in [-0.25, -0.2) is 8.42 Å². The Morgan fingerprint density at radius 3 is 2.89 bits per heavy atom. The lowest BCUT2D eigenvalue weighted by Crippen LogP contribution is -2.34. The van der Waals surface area contributed by atoms with E-state index in [2.05, 4.69) is 16.1 Å². The number of sulfonamides is 1. The van der Waals surface area contributed by atoms with Crippen molar-refractivity contribution in [3.8, 4) is 12.3 Å². The van der Waals surface area contributed by atoms with Gasteiger partial charge >= 0.3 is 0 Å². The molecule has 6 nitrogen and oxygen atoms in total. The number of terminal acetylenes is 1. The van der Waals surface area contributed by atoms with E-state index in [0.717, 1.165) is 12.8 Å². The number of aromatic nitrogens is 2. The van der Waals surface area contributed by atoms with Crippen LogP contribution in [0.1, 0.15) is 18.4 Å². The van der Waals surface area contributed by atoms with Crippen molar-refractivity contribution < 1.29 is 8.42 Å². The fourth-order valence-corrected chi connectivity index (χ4v) is 3.28. The van der Waals surface area contributed by atoms with Gasteiger partial charge in [0.05, 0.1) is 12.7 Å². The van der Waals surface area contributed by atoms with E-state index < -0.39 is 10.0 Å². The molecule has 0 aromatic carbocycles. The third kappa shape index (κ3) is 2.56. The Balaban J connectivity index is 2.29. The van der Waals surface area contributed by atoms with Crippen LogP contribution in [-0.2, 0) is 16.6 Å². The second kappa shape index (κ2) is 5.10. The summed E-state index contributed by atoms with van der Waals surface area (Å²) in [7, 11) is -3.62. The van der Waals surface area contributed by atoms with Crippen LogP contribution < -0.4 is 5.73 Å². The first-order valence-electron chi connectivity index (χ1n) is 5.75. The number of nitrogens with two attached hydrogens (primary N) is 1. The van der Waals surface area contributed by atoms with Gasteiger partial charge in [-0.15, -0.1) is 6.42 Å². The monoisotopic (exact) mass is 268 g/mol. The van der Waals surface area contributed by atoms with Gasteiger partial charge in [-0.3, -0.25) is 5.10 Å². The number of nitrogens with one attached hydrogen (secondary N) is 1. The summed E-state index contributed by atoms with van der Waals surface area (Å²) in [6.07, 6.45) is 8.79. The molecule has 7 heteroatoms. The van der Waals surface area contributed by atoms with Gasteiger partial charge in [-0.2, -0.15) is 9.40 Å². The van der Waals surface area contributed by atoms with Gasteiger partial charge in [0.1, 0.15) is 0 Å². The van der Waals surface area contributed by atoms with Gasteiger partial charge in [0.25, 0.3) is 10.0 Å². The van der Waals surface area contributed by atoms with E-state index in [0.29, 0.717) is 18.0 Å². The fourth-order valence-electron chi connectivity index (χ4n) is 1.73. The van der Waals surface area contributed by atoms with Gasteiger partial charge in [0, 0.05) is 18.7 Å². The number of aromatic amines is 1. The number of H-pyrrole nitrogens is 1. The largest absolute Gasteiger partial charge is 0.326 e. The van der Waals surface area contributed by atoms with Crippen LogP contribution in [0, 0.1) is 18.3 Å². The van der Waals surface area contributed by atoms with E-state index in [9.17, 15) is 8.42 Å². The average molecular weight is 268 g/mol. The fraction of sp³-hybridized carbons (Fsp3) is 0.545. The smallest absolute Gasteiger partial charge is 0.261 e. The maximum atomic E-state index is 12.4. The zero-order valence-electron chi connectivity index (χ0n) is 9.96. The van der Waals surface area contributed by atoms with E-state index >= 15 is 0 Å². The predicted molar refractivity (Wildman–Crippen MR) is 66.8 cm³/mol. The molecule has 2 rings (SSSR count). The zero-order chi connectivity index (χ0) is 13.2. The molecule has 0 saturated heterocycles. The van der Waals surface area contributed by atoms with Crippen molar-refractivity contribution in [2.75, 3.05) is 13.1 Å². The summed E-state index contributed by atoms with van der Waals surface area (Å²) < 4.78 is 26.2. The average Bonchev–Trinajstić information content (AvgIpc) is 3.02. The van der Waals surface area contributed by atoms with Crippen LogP contribution in [-0.4, -0.2) is 36.0 Å². The van der Waals surface area contributed by atoms with Gasteiger partial charge in [0.15, 0.2) is 5.03 Å². The van der Waals surface area contributed by atoms with Crippen molar-refractivity contribution in [3.63, 3.8) is 0 Å². The molecule has 3 N–H and O–H groups in total. The van der Waals surface area contributed by atoms with Crippen LogP contribution in [0.3, 0.4) is 0 Å². The van der Waals surface area contributed by atoms with Crippen LogP contribution in [0.15, 0.2) is 11.2 Å². The third-order valence-corrected chi connectivity index (χ3v) is 4.75. The first-order chi connectivity index (χ1) is 8.59. The molecule has 1 aromatic rings. The van der Waals surface area contributed by atoms with Crippen LogP contribution in [0.2, 0.25) is 0 Å². The van der Waals surface area contributed by atoms with E-state index in [1.165, 1.54) is 10.5 Å². The molecular weight excluding hydrogens is 252 g/mol. The van der Waals surface area contributed by atoms with E-state index in [-0.39, 0.29) is 18.1 Å². The molecule has 0 unspecified atom stereocenters. The Labute approximate surface area is 107 Å². The molecule has 1 fully saturated rings. The first-order valence-corrected chi connectivity index (χ1v) is 7.19. The Bertz CT molecular complexity index is 554. The Morgan fingerprint density at radius 1 is 1.61 bits per heavy atom. The molecule has 18 heavy (non-hydrogen) atoms. The Hall–Kier alpha value is -1.36. The maximum absolute atomic E-state index is 12.4. The molecule has 98 valence electrons. The van der Waals surface area contributed by atoms with Crippen molar-refractivity contribution in [3.05, 3.63) is 11.8 Å². The quantitative estimate of drug-likeness (QED) is 0.705. The molecule has 1 saturated carbocycles. The molecule has 0 bridgehead atoms. The van der Waals surface area contributed by atoms with Crippen LogP contribution in [0.5, 0.6) is 0 Å². The lowest BCUT2D eigenvalue weighted by molar-refractivity contribution is 0.427. The summed E-state index contributed by atoms with van der Waals surface area (Å²) in [6.45, 7) is 0.663. The summed E-state index contributed by atoms with van der Waals surface area (Å²) in [5.41, 5.74) is 5.98. The molecule has 1 heterocycles. The minimum absolute atomic E-state index is 0.0564. The van der Waals surface area contributed by atoms with E-state index in [1.807, 2.05) is 0 Å². The van der Waals surface area contributed by atoms with Crippen molar-refractivity contribution in [1.29, 1.82) is 0 Å². The summed E-state index contributed by atoms with van der Waals surface area (Å²) >= 11 is 0.